The van der Waals surface area contributed by atoms with Crippen molar-refractivity contribution in [3.05, 3.63) is 42.0 Å². The van der Waals surface area contributed by atoms with Crippen LogP contribution in [0, 0.1) is 23.7 Å². The van der Waals surface area contributed by atoms with Crippen molar-refractivity contribution >= 4 is 35.7 Å². The Morgan fingerprint density at radius 2 is 1.50 bits per heavy atom. The summed E-state index contributed by atoms with van der Waals surface area (Å²) in [5.41, 5.74) is 10.7. The van der Waals surface area contributed by atoms with Crippen molar-refractivity contribution in [2.24, 2.45) is 29.4 Å². The van der Waals surface area contributed by atoms with Crippen LogP contribution in [0.1, 0.15) is 52.5 Å². The molecule has 3 amide bonds. The maximum atomic E-state index is 13.4. The zero-order valence-corrected chi connectivity index (χ0v) is 23.8. The number of hydrogen-bond acceptors (Lipinski definition) is 7. The highest BCUT2D eigenvalue weighted by Gasteiger charge is 2.38. The van der Waals surface area contributed by atoms with Crippen LogP contribution < -0.4 is 16.6 Å². The molecule has 3 atom stereocenters. The number of carbonyl (C=O) groups excluding carboxylic acids is 3. The van der Waals surface area contributed by atoms with Crippen LogP contribution in [0.2, 0.25) is 0 Å². The first-order valence-corrected chi connectivity index (χ1v) is 12.9. The maximum Gasteiger partial charge on any atom is 0.490 e. The quantitative estimate of drug-likeness (QED) is 0.145. The molecule has 0 heterocycles. The minimum atomic E-state index is -5.08. The average molecular weight is 605 g/mol. The number of nitrogens with one attached hydrogen (secondary N) is 2. The van der Waals surface area contributed by atoms with Crippen molar-refractivity contribution in [2.75, 3.05) is 6.54 Å². The molecule has 1 rings (SSSR count). The number of carboxylic acid groups (broad SMARTS) is 2. The predicted molar refractivity (Wildman–Crippen MR) is 145 cm³/mol. The minimum absolute atomic E-state index is 0.0332. The number of hydrazine groups is 1. The van der Waals surface area contributed by atoms with Crippen LogP contribution >= 0.6 is 0 Å². The van der Waals surface area contributed by atoms with E-state index in [1.807, 2.05) is 64.1 Å². The number of halogens is 3. The third kappa shape index (κ3) is 15.1. The van der Waals surface area contributed by atoms with E-state index < -0.39 is 60.1 Å². The molecule has 236 valence electrons. The second kappa shape index (κ2) is 18.5. The number of allylic oxidation sites excluding steroid dienone is 1. The largest absolute Gasteiger partial charge is 0.490 e. The van der Waals surface area contributed by atoms with Crippen LogP contribution in [0.15, 0.2) is 36.4 Å². The normalized spacial score (nSPS) is 13.5. The van der Waals surface area contributed by atoms with Crippen molar-refractivity contribution in [2.45, 2.75) is 59.2 Å². The van der Waals surface area contributed by atoms with Gasteiger partial charge in [0.2, 0.25) is 17.7 Å². The highest BCUT2D eigenvalue weighted by atomic mass is 19.4. The van der Waals surface area contributed by atoms with E-state index >= 15 is 0 Å². The summed E-state index contributed by atoms with van der Waals surface area (Å²) in [4.78, 5) is 58.6. The number of alkyl halides is 3. The molecule has 0 radical (unpaired) electrons. The SMILES string of the molecule is CC(C)C[C@@H](C(=O)NN(CC(C)C)C(=O)C[C@H](N)C(=O)O)[C@H](C/C=C/c1ccccc1)C(=O)NO.O=C(O)C(F)(F)F. The third-order valence-electron chi connectivity index (χ3n) is 5.54. The monoisotopic (exact) mass is 604 g/mol. The fraction of sp³-hybridized carbons (Fsp3) is 0.519. The van der Waals surface area contributed by atoms with Crippen molar-refractivity contribution < 1.29 is 52.6 Å². The van der Waals surface area contributed by atoms with E-state index in [1.165, 1.54) is 0 Å². The Kier molecular flexibility index (Phi) is 16.7. The third-order valence-corrected chi connectivity index (χ3v) is 5.54. The molecule has 0 saturated carbocycles. The molecule has 12 nitrogen and oxygen atoms in total. The van der Waals surface area contributed by atoms with Crippen LogP contribution in [0.5, 0.6) is 0 Å². The van der Waals surface area contributed by atoms with E-state index in [0.29, 0.717) is 6.42 Å². The molecule has 0 unspecified atom stereocenters. The lowest BCUT2D eigenvalue weighted by atomic mass is 9.82. The van der Waals surface area contributed by atoms with E-state index in [9.17, 15) is 37.6 Å². The van der Waals surface area contributed by atoms with Gasteiger partial charge in [-0.15, -0.1) is 0 Å². The van der Waals surface area contributed by atoms with Crippen LogP contribution in [0.4, 0.5) is 13.2 Å². The summed E-state index contributed by atoms with van der Waals surface area (Å²) in [5.74, 6) is -7.77. The summed E-state index contributed by atoms with van der Waals surface area (Å²) in [7, 11) is 0. The zero-order valence-electron chi connectivity index (χ0n) is 23.8. The van der Waals surface area contributed by atoms with Crippen molar-refractivity contribution in [3.8, 4) is 0 Å². The second-order valence-corrected chi connectivity index (χ2v) is 10.2. The lowest BCUT2D eigenvalue weighted by Gasteiger charge is -2.31. The molecule has 0 spiro atoms. The van der Waals surface area contributed by atoms with Gasteiger partial charge in [-0.3, -0.25) is 34.8 Å². The topological polar surface area (TPSA) is 199 Å². The molecule has 0 fully saturated rings. The first-order chi connectivity index (χ1) is 19.4. The smallest absolute Gasteiger partial charge is 0.480 e. The number of amides is 3. The number of hydroxylamine groups is 1. The number of carboxylic acids is 2. The molecule has 0 aliphatic rings. The highest BCUT2D eigenvalue weighted by Crippen LogP contribution is 2.26. The van der Waals surface area contributed by atoms with Gasteiger partial charge in [0.05, 0.1) is 18.3 Å². The molecular formula is C27H39F3N4O8. The van der Waals surface area contributed by atoms with E-state index in [4.69, 9.17) is 20.7 Å². The fourth-order valence-electron chi connectivity index (χ4n) is 3.59. The van der Waals surface area contributed by atoms with Gasteiger partial charge < -0.3 is 15.9 Å². The molecule has 0 aromatic heterocycles. The number of hydrogen-bond donors (Lipinski definition) is 6. The van der Waals surface area contributed by atoms with Crippen molar-refractivity contribution in [1.29, 1.82) is 0 Å². The average Bonchev–Trinajstić information content (AvgIpc) is 2.89. The lowest BCUT2D eigenvalue weighted by molar-refractivity contribution is -0.192. The van der Waals surface area contributed by atoms with Gasteiger partial charge in [-0.25, -0.2) is 10.3 Å². The summed E-state index contributed by atoms with van der Waals surface area (Å²) in [6.45, 7) is 7.61. The molecular weight excluding hydrogens is 565 g/mol. The van der Waals surface area contributed by atoms with Gasteiger partial charge in [-0.1, -0.05) is 70.2 Å². The Balaban J connectivity index is 0.00000212. The van der Waals surface area contributed by atoms with Gasteiger partial charge in [0.15, 0.2) is 0 Å². The predicted octanol–water partition coefficient (Wildman–Crippen LogP) is 2.82. The van der Waals surface area contributed by atoms with E-state index in [1.54, 1.807) is 11.6 Å². The van der Waals surface area contributed by atoms with Gasteiger partial charge in [0.25, 0.3) is 0 Å². The van der Waals surface area contributed by atoms with Crippen molar-refractivity contribution in [1.82, 2.24) is 15.9 Å². The molecule has 0 aliphatic heterocycles. The van der Waals surface area contributed by atoms with E-state index in [0.717, 1.165) is 10.6 Å². The summed E-state index contributed by atoms with van der Waals surface area (Å²) in [6, 6.07) is 8.03. The van der Waals surface area contributed by atoms with Gasteiger partial charge in [-0.2, -0.15) is 13.2 Å². The number of carbonyl (C=O) groups is 5. The summed E-state index contributed by atoms with van der Waals surface area (Å²) < 4.78 is 31.7. The summed E-state index contributed by atoms with van der Waals surface area (Å²) in [5, 5.41) is 26.6. The van der Waals surface area contributed by atoms with Crippen LogP contribution in [0.3, 0.4) is 0 Å². The fourth-order valence-corrected chi connectivity index (χ4v) is 3.59. The Morgan fingerprint density at radius 1 is 0.952 bits per heavy atom. The number of rotatable bonds is 13. The Bertz CT molecular complexity index is 1070. The Labute approximate surface area is 241 Å². The molecule has 0 saturated heterocycles. The van der Waals surface area contributed by atoms with E-state index in [2.05, 4.69) is 5.43 Å². The molecule has 1 aromatic rings. The van der Waals surface area contributed by atoms with Gasteiger partial charge in [0, 0.05) is 6.54 Å². The number of benzene rings is 1. The summed E-state index contributed by atoms with van der Waals surface area (Å²) in [6.07, 6.45) is -1.49. The lowest BCUT2D eigenvalue weighted by Crippen LogP contribution is -2.53. The van der Waals surface area contributed by atoms with Gasteiger partial charge in [0.1, 0.15) is 6.04 Å². The zero-order chi connectivity index (χ0) is 32.6. The molecule has 1 aromatic carbocycles. The Hall–Kier alpha value is -3.98. The first kappa shape index (κ1) is 38.0. The maximum absolute atomic E-state index is 13.4. The number of nitrogens with two attached hydrogens (primary N) is 1. The van der Waals surface area contributed by atoms with Crippen LogP contribution in [-0.2, 0) is 24.0 Å². The standard InChI is InChI=1S/C25H38N4O6.C2HF3O2/c1-16(2)13-20(19(24(32)28-35)12-8-11-18-9-6-5-7-10-18)23(31)27-29(15-17(3)4)22(30)14-21(26)25(33)34;3-2(4,5)1(6)7/h5-11,16-17,19-21,35H,12-15,26H2,1-4H3,(H,27,31)(H,28,32)(H,33,34);(H,6,7)/b11-8+;/t19-,20+,21-;/m0./s1. The highest BCUT2D eigenvalue weighted by molar-refractivity contribution is 5.90. The second-order valence-electron chi connectivity index (χ2n) is 10.2. The Morgan fingerprint density at radius 3 is 1.93 bits per heavy atom. The van der Waals surface area contributed by atoms with Gasteiger partial charge >= 0.3 is 18.1 Å². The number of aliphatic carboxylic acids is 2. The molecule has 7 N–H and O–H groups in total. The number of nitrogens with zero attached hydrogens (tertiary/aromatic N) is 1. The van der Waals surface area contributed by atoms with E-state index in [-0.39, 0.29) is 24.8 Å². The molecule has 0 aliphatic carbocycles. The van der Waals surface area contributed by atoms with Crippen LogP contribution in [-0.4, -0.2) is 68.9 Å². The first-order valence-electron chi connectivity index (χ1n) is 12.9. The van der Waals surface area contributed by atoms with Crippen LogP contribution in [0.25, 0.3) is 6.08 Å². The molecule has 0 bridgehead atoms. The van der Waals surface area contributed by atoms with Gasteiger partial charge in [-0.05, 0) is 30.2 Å². The molecule has 15 heteroatoms. The van der Waals surface area contributed by atoms with Crippen molar-refractivity contribution in [3.63, 3.8) is 0 Å². The molecule has 42 heavy (non-hydrogen) atoms. The minimum Gasteiger partial charge on any atom is -0.480 e. The summed E-state index contributed by atoms with van der Waals surface area (Å²) >= 11 is 0.